The molecule has 8 nitrogen and oxygen atoms in total. The van der Waals surface area contributed by atoms with Crippen LogP contribution < -0.4 is 20.1 Å². The molecule has 0 radical (unpaired) electrons. The molecule has 0 saturated heterocycles. The number of fused-ring (bicyclic) bond motifs is 1. The summed E-state index contributed by atoms with van der Waals surface area (Å²) in [6.07, 6.45) is 0.147. The molecular formula is C21H23N3O5. The van der Waals surface area contributed by atoms with Gasteiger partial charge in [-0.15, -0.1) is 0 Å². The summed E-state index contributed by atoms with van der Waals surface area (Å²) in [5.41, 5.74) is 2.07. The second kappa shape index (κ2) is 9.09. The number of benzene rings is 2. The standard InChI is InChI=1S/C21H23N3O5/c1-14(25)22-17-4-3-5-18(11-17)23-21(27)8-9-24(15(2)26)12-16-6-7-19-20(10-16)29-13-28-19/h3-7,10-11H,8-9,12-13H2,1-2H3,(H,22,25)(H,23,27). The Morgan fingerprint density at radius 1 is 0.966 bits per heavy atom. The zero-order valence-corrected chi connectivity index (χ0v) is 16.4. The number of hydrogen-bond acceptors (Lipinski definition) is 5. The van der Waals surface area contributed by atoms with Gasteiger partial charge in [0.15, 0.2) is 11.5 Å². The van der Waals surface area contributed by atoms with Crippen molar-refractivity contribution in [2.24, 2.45) is 0 Å². The van der Waals surface area contributed by atoms with Gasteiger partial charge in [0, 0.05) is 44.7 Å². The summed E-state index contributed by atoms with van der Waals surface area (Å²) in [6.45, 7) is 3.74. The smallest absolute Gasteiger partial charge is 0.231 e. The molecule has 0 unspecified atom stereocenters. The maximum Gasteiger partial charge on any atom is 0.231 e. The van der Waals surface area contributed by atoms with Crippen molar-refractivity contribution in [2.75, 3.05) is 24.0 Å². The third-order valence-electron chi connectivity index (χ3n) is 4.33. The molecule has 0 atom stereocenters. The highest BCUT2D eigenvalue weighted by Crippen LogP contribution is 2.32. The Hall–Kier alpha value is -3.55. The predicted molar refractivity (Wildman–Crippen MR) is 108 cm³/mol. The van der Waals surface area contributed by atoms with Crippen LogP contribution in [0.25, 0.3) is 0 Å². The minimum absolute atomic E-state index is 0.122. The van der Waals surface area contributed by atoms with E-state index in [1.165, 1.54) is 13.8 Å². The molecule has 2 N–H and O–H groups in total. The highest BCUT2D eigenvalue weighted by molar-refractivity contribution is 5.93. The number of carbonyl (C=O) groups excluding carboxylic acids is 3. The number of rotatable bonds is 7. The molecule has 2 aromatic carbocycles. The molecule has 1 aliphatic rings. The molecule has 29 heavy (non-hydrogen) atoms. The van der Waals surface area contributed by atoms with E-state index in [2.05, 4.69) is 10.6 Å². The number of nitrogens with one attached hydrogen (secondary N) is 2. The molecule has 0 aromatic heterocycles. The van der Waals surface area contributed by atoms with E-state index in [1.54, 1.807) is 29.2 Å². The molecule has 1 aliphatic heterocycles. The molecule has 0 saturated carbocycles. The van der Waals surface area contributed by atoms with Crippen LogP contribution in [0, 0.1) is 0 Å². The molecule has 0 bridgehead atoms. The molecule has 8 heteroatoms. The Morgan fingerprint density at radius 3 is 2.41 bits per heavy atom. The van der Waals surface area contributed by atoms with Crippen LogP contribution in [0.4, 0.5) is 11.4 Å². The first-order valence-corrected chi connectivity index (χ1v) is 9.22. The van der Waals surface area contributed by atoms with E-state index in [-0.39, 0.29) is 37.5 Å². The lowest BCUT2D eigenvalue weighted by atomic mass is 10.2. The zero-order chi connectivity index (χ0) is 20.8. The van der Waals surface area contributed by atoms with Gasteiger partial charge >= 0.3 is 0 Å². The van der Waals surface area contributed by atoms with Gasteiger partial charge in [0.2, 0.25) is 24.5 Å². The second-order valence-electron chi connectivity index (χ2n) is 6.69. The highest BCUT2D eigenvalue weighted by Gasteiger charge is 2.16. The molecule has 0 spiro atoms. The van der Waals surface area contributed by atoms with Crippen molar-refractivity contribution >= 4 is 29.1 Å². The highest BCUT2D eigenvalue weighted by atomic mass is 16.7. The Balaban J connectivity index is 1.55. The Bertz CT molecular complexity index is 928. The summed E-state index contributed by atoms with van der Waals surface area (Å²) in [7, 11) is 0. The third kappa shape index (κ3) is 5.71. The fourth-order valence-corrected chi connectivity index (χ4v) is 2.95. The molecule has 0 aliphatic carbocycles. The van der Waals surface area contributed by atoms with Crippen LogP contribution in [0.3, 0.4) is 0 Å². The lowest BCUT2D eigenvalue weighted by Crippen LogP contribution is -2.31. The maximum atomic E-state index is 12.3. The van der Waals surface area contributed by atoms with Crippen LogP contribution in [0.15, 0.2) is 42.5 Å². The molecule has 152 valence electrons. The monoisotopic (exact) mass is 397 g/mol. The number of hydrogen-bond donors (Lipinski definition) is 2. The van der Waals surface area contributed by atoms with Crippen LogP contribution in [0.5, 0.6) is 11.5 Å². The molecule has 0 fully saturated rings. The van der Waals surface area contributed by atoms with Crippen molar-refractivity contribution in [1.29, 1.82) is 0 Å². The third-order valence-corrected chi connectivity index (χ3v) is 4.33. The minimum atomic E-state index is -0.220. The lowest BCUT2D eigenvalue weighted by molar-refractivity contribution is -0.130. The summed E-state index contributed by atoms with van der Waals surface area (Å²) in [5, 5.41) is 5.45. The first-order chi connectivity index (χ1) is 13.9. The SMILES string of the molecule is CC(=O)Nc1cccc(NC(=O)CCN(Cc2ccc3c(c2)OCO3)C(C)=O)c1. The van der Waals surface area contributed by atoms with Crippen LogP contribution in [-0.2, 0) is 20.9 Å². The van der Waals surface area contributed by atoms with Crippen molar-refractivity contribution in [3.05, 3.63) is 48.0 Å². The fourth-order valence-electron chi connectivity index (χ4n) is 2.95. The molecule has 3 amide bonds. The second-order valence-corrected chi connectivity index (χ2v) is 6.69. The minimum Gasteiger partial charge on any atom is -0.454 e. The van der Waals surface area contributed by atoms with E-state index in [0.29, 0.717) is 29.4 Å². The first-order valence-electron chi connectivity index (χ1n) is 9.22. The summed E-state index contributed by atoms with van der Waals surface area (Å²) in [4.78, 5) is 37.1. The van der Waals surface area contributed by atoms with Gasteiger partial charge in [-0.2, -0.15) is 0 Å². The van der Waals surface area contributed by atoms with Crippen molar-refractivity contribution in [2.45, 2.75) is 26.8 Å². The average molecular weight is 397 g/mol. The van der Waals surface area contributed by atoms with E-state index < -0.39 is 0 Å². The maximum absolute atomic E-state index is 12.3. The van der Waals surface area contributed by atoms with Gasteiger partial charge in [-0.1, -0.05) is 12.1 Å². The number of carbonyl (C=O) groups is 3. The van der Waals surface area contributed by atoms with Gasteiger partial charge in [-0.25, -0.2) is 0 Å². The zero-order valence-electron chi connectivity index (χ0n) is 16.4. The molecule has 1 heterocycles. The largest absolute Gasteiger partial charge is 0.454 e. The van der Waals surface area contributed by atoms with E-state index in [4.69, 9.17) is 9.47 Å². The normalized spacial score (nSPS) is 11.7. The molecule has 2 aromatic rings. The predicted octanol–water partition coefficient (Wildman–Crippen LogP) is 2.75. The van der Waals surface area contributed by atoms with Gasteiger partial charge in [0.1, 0.15) is 0 Å². The van der Waals surface area contributed by atoms with Crippen molar-refractivity contribution in [1.82, 2.24) is 4.90 Å². The van der Waals surface area contributed by atoms with Gasteiger partial charge < -0.3 is 25.0 Å². The average Bonchev–Trinajstić information content (AvgIpc) is 3.12. The number of anilines is 2. The lowest BCUT2D eigenvalue weighted by Gasteiger charge is -2.21. The van der Waals surface area contributed by atoms with Crippen LogP contribution in [0.2, 0.25) is 0 Å². The van der Waals surface area contributed by atoms with Crippen LogP contribution >= 0.6 is 0 Å². The van der Waals surface area contributed by atoms with Crippen molar-refractivity contribution in [3.8, 4) is 11.5 Å². The van der Waals surface area contributed by atoms with Crippen molar-refractivity contribution < 1.29 is 23.9 Å². The Labute approximate surface area is 168 Å². The van der Waals surface area contributed by atoms with Gasteiger partial charge in [0.05, 0.1) is 0 Å². The number of nitrogens with zero attached hydrogens (tertiary/aromatic N) is 1. The quantitative estimate of drug-likeness (QED) is 0.749. The van der Waals surface area contributed by atoms with Gasteiger partial charge in [-0.3, -0.25) is 14.4 Å². The van der Waals surface area contributed by atoms with Crippen molar-refractivity contribution in [3.63, 3.8) is 0 Å². The van der Waals surface area contributed by atoms with Gasteiger partial charge in [0.25, 0.3) is 0 Å². The topological polar surface area (TPSA) is 97.0 Å². The summed E-state index contributed by atoms with van der Waals surface area (Å²) in [5.74, 6) is 0.811. The summed E-state index contributed by atoms with van der Waals surface area (Å²) in [6, 6.07) is 12.4. The Kier molecular flexibility index (Phi) is 6.33. The van der Waals surface area contributed by atoms with E-state index in [9.17, 15) is 14.4 Å². The molecular weight excluding hydrogens is 374 g/mol. The number of amides is 3. The van der Waals surface area contributed by atoms with Crippen LogP contribution in [0.1, 0.15) is 25.8 Å². The molecule has 3 rings (SSSR count). The first kappa shape index (κ1) is 20.2. The van der Waals surface area contributed by atoms with E-state index in [1.807, 2.05) is 18.2 Å². The summed E-state index contributed by atoms with van der Waals surface area (Å²) >= 11 is 0. The fraction of sp³-hybridized carbons (Fsp3) is 0.286. The Morgan fingerprint density at radius 2 is 1.69 bits per heavy atom. The van der Waals surface area contributed by atoms with Crippen LogP contribution in [-0.4, -0.2) is 36.0 Å². The van der Waals surface area contributed by atoms with Gasteiger partial charge in [-0.05, 0) is 35.9 Å². The number of ether oxygens (including phenoxy) is 2. The summed E-state index contributed by atoms with van der Waals surface area (Å²) < 4.78 is 10.7. The van der Waals surface area contributed by atoms with E-state index >= 15 is 0 Å². The van der Waals surface area contributed by atoms with E-state index in [0.717, 1.165) is 5.56 Å².